The Morgan fingerprint density at radius 1 is 1.06 bits per heavy atom. The van der Waals surface area contributed by atoms with Gasteiger partial charge >= 0.3 is 0 Å². The fourth-order valence-electron chi connectivity index (χ4n) is 2.10. The summed E-state index contributed by atoms with van der Waals surface area (Å²) in [5.41, 5.74) is -0.0895. The maximum absolute atomic E-state index is 13.5. The van der Waals surface area contributed by atoms with Gasteiger partial charge in [0.25, 0.3) is 0 Å². The Bertz CT molecular complexity index is 462. The molecule has 17 heavy (non-hydrogen) atoms. The molecular weight excluding hydrogens is 229 g/mol. The molecule has 0 N–H and O–H groups in total. The maximum Gasteiger partial charge on any atom is 0.161 e. The second-order valence-electron chi connectivity index (χ2n) is 4.06. The number of hydrogen-bond acceptors (Lipinski definition) is 2. The molecule has 1 aliphatic heterocycles. The maximum atomic E-state index is 13.5. The largest absolute Gasteiger partial charge is 0.284 e. The van der Waals surface area contributed by atoms with Gasteiger partial charge in [-0.15, -0.1) is 0 Å². The summed E-state index contributed by atoms with van der Waals surface area (Å²) in [6.07, 6.45) is 1.87. The van der Waals surface area contributed by atoms with E-state index in [2.05, 4.69) is 0 Å². The van der Waals surface area contributed by atoms with E-state index in [4.69, 9.17) is 5.26 Å². The van der Waals surface area contributed by atoms with Crippen LogP contribution in [0.4, 0.5) is 13.2 Å². The van der Waals surface area contributed by atoms with Crippen molar-refractivity contribution in [2.24, 2.45) is 0 Å². The van der Waals surface area contributed by atoms with Crippen LogP contribution in [0.3, 0.4) is 0 Å². The molecule has 1 saturated heterocycles. The highest BCUT2D eigenvalue weighted by Crippen LogP contribution is 2.27. The second-order valence-corrected chi connectivity index (χ2v) is 4.06. The van der Waals surface area contributed by atoms with Gasteiger partial charge in [0.1, 0.15) is 11.9 Å². The zero-order valence-corrected chi connectivity index (χ0v) is 9.09. The van der Waals surface area contributed by atoms with Gasteiger partial charge in [-0.25, -0.2) is 13.2 Å². The zero-order valence-electron chi connectivity index (χ0n) is 9.09. The van der Waals surface area contributed by atoms with Crippen LogP contribution < -0.4 is 0 Å². The Kier molecular flexibility index (Phi) is 3.34. The summed E-state index contributed by atoms with van der Waals surface area (Å²) >= 11 is 0. The number of nitriles is 1. The molecule has 1 unspecified atom stereocenters. The van der Waals surface area contributed by atoms with Crippen LogP contribution in [0.2, 0.25) is 0 Å². The van der Waals surface area contributed by atoms with Crippen LogP contribution in [-0.4, -0.2) is 18.0 Å². The number of benzene rings is 1. The molecule has 90 valence electrons. The lowest BCUT2D eigenvalue weighted by Crippen LogP contribution is -2.25. The highest BCUT2D eigenvalue weighted by Gasteiger charge is 2.26. The van der Waals surface area contributed by atoms with Gasteiger partial charge in [0.05, 0.1) is 6.07 Å². The average Bonchev–Trinajstić information content (AvgIpc) is 2.80. The van der Waals surface area contributed by atoms with Gasteiger partial charge in [0.2, 0.25) is 0 Å². The second kappa shape index (κ2) is 4.76. The van der Waals surface area contributed by atoms with E-state index in [9.17, 15) is 13.2 Å². The van der Waals surface area contributed by atoms with Crippen molar-refractivity contribution in [2.75, 3.05) is 13.1 Å². The van der Waals surface area contributed by atoms with Gasteiger partial charge in [-0.3, -0.25) is 4.90 Å². The Morgan fingerprint density at radius 3 is 2.24 bits per heavy atom. The normalized spacial score (nSPS) is 18.0. The van der Waals surface area contributed by atoms with Crippen LogP contribution in [0.25, 0.3) is 0 Å². The van der Waals surface area contributed by atoms with Crippen molar-refractivity contribution in [1.82, 2.24) is 4.90 Å². The third-order valence-electron chi connectivity index (χ3n) is 2.96. The molecule has 0 radical (unpaired) electrons. The van der Waals surface area contributed by atoms with Crippen molar-refractivity contribution in [3.63, 3.8) is 0 Å². The van der Waals surface area contributed by atoms with E-state index in [1.165, 1.54) is 0 Å². The van der Waals surface area contributed by atoms with Crippen molar-refractivity contribution in [2.45, 2.75) is 18.9 Å². The predicted molar refractivity (Wildman–Crippen MR) is 55.5 cm³/mol. The van der Waals surface area contributed by atoms with E-state index in [0.29, 0.717) is 19.2 Å². The molecule has 0 bridgehead atoms. The van der Waals surface area contributed by atoms with Crippen LogP contribution in [0.15, 0.2) is 12.1 Å². The third-order valence-corrected chi connectivity index (χ3v) is 2.96. The molecular formula is C12H11F3N2. The summed E-state index contributed by atoms with van der Waals surface area (Å²) in [5.74, 6) is -3.23. The van der Waals surface area contributed by atoms with Crippen LogP contribution in [0, 0.1) is 28.8 Å². The molecule has 0 aromatic heterocycles. The number of nitrogens with zero attached hydrogens (tertiary/aromatic N) is 2. The third kappa shape index (κ3) is 2.27. The van der Waals surface area contributed by atoms with Gasteiger partial charge in [-0.05, 0) is 32.0 Å². The summed E-state index contributed by atoms with van der Waals surface area (Å²) in [6, 6.07) is 2.37. The lowest BCUT2D eigenvalue weighted by molar-refractivity contribution is 0.287. The van der Waals surface area contributed by atoms with Crippen molar-refractivity contribution < 1.29 is 13.2 Å². The number of hydrogen-bond donors (Lipinski definition) is 0. The van der Waals surface area contributed by atoms with Crippen LogP contribution >= 0.6 is 0 Å². The summed E-state index contributed by atoms with van der Waals surface area (Å²) in [5, 5.41) is 9.05. The first-order valence-electron chi connectivity index (χ1n) is 5.41. The molecule has 1 heterocycles. The first-order valence-corrected chi connectivity index (χ1v) is 5.41. The first kappa shape index (κ1) is 11.9. The Hall–Kier alpha value is -1.54. The van der Waals surface area contributed by atoms with E-state index in [-0.39, 0.29) is 5.56 Å². The quantitative estimate of drug-likeness (QED) is 0.743. The van der Waals surface area contributed by atoms with Crippen LogP contribution in [0.5, 0.6) is 0 Å². The molecule has 2 rings (SSSR count). The Balaban J connectivity index is 2.37. The van der Waals surface area contributed by atoms with Crippen molar-refractivity contribution >= 4 is 0 Å². The molecule has 0 spiro atoms. The lowest BCUT2D eigenvalue weighted by atomic mass is 10.1. The smallest absolute Gasteiger partial charge is 0.161 e. The van der Waals surface area contributed by atoms with Gasteiger partial charge in [-0.2, -0.15) is 5.26 Å². The summed E-state index contributed by atoms with van der Waals surface area (Å²) in [6.45, 7) is 1.35. The van der Waals surface area contributed by atoms with Gasteiger partial charge in [0, 0.05) is 11.6 Å². The molecule has 1 fully saturated rings. The fourth-order valence-corrected chi connectivity index (χ4v) is 2.10. The first-order chi connectivity index (χ1) is 8.13. The van der Waals surface area contributed by atoms with Crippen LogP contribution in [-0.2, 0) is 0 Å². The fraction of sp³-hybridized carbons (Fsp3) is 0.417. The summed E-state index contributed by atoms with van der Waals surface area (Å²) < 4.78 is 39.4. The van der Waals surface area contributed by atoms with Gasteiger partial charge in [-0.1, -0.05) is 0 Å². The summed E-state index contributed by atoms with van der Waals surface area (Å²) in [4.78, 5) is 1.77. The monoisotopic (exact) mass is 240 g/mol. The number of rotatable bonds is 2. The zero-order chi connectivity index (χ0) is 12.4. The summed E-state index contributed by atoms with van der Waals surface area (Å²) in [7, 11) is 0. The van der Waals surface area contributed by atoms with Crippen molar-refractivity contribution in [1.29, 1.82) is 5.26 Å². The van der Waals surface area contributed by atoms with Gasteiger partial charge < -0.3 is 0 Å². The lowest BCUT2D eigenvalue weighted by Gasteiger charge is -2.21. The minimum absolute atomic E-state index is 0.0895. The van der Waals surface area contributed by atoms with Gasteiger partial charge in [0.15, 0.2) is 11.6 Å². The van der Waals surface area contributed by atoms with Crippen LogP contribution in [0.1, 0.15) is 24.4 Å². The Morgan fingerprint density at radius 2 is 1.65 bits per heavy atom. The molecule has 0 amide bonds. The molecule has 0 saturated carbocycles. The SMILES string of the molecule is N#CC(c1cc(F)c(F)cc1F)N1CCCC1. The number of likely N-dealkylation sites (tertiary alicyclic amines) is 1. The highest BCUT2D eigenvalue weighted by molar-refractivity contribution is 5.27. The standard InChI is InChI=1S/C12H11F3N2/c13-9-6-11(15)10(14)5-8(9)12(7-16)17-3-1-2-4-17/h5-6,12H,1-4H2. The minimum Gasteiger partial charge on any atom is -0.284 e. The minimum atomic E-state index is -1.23. The molecule has 0 aliphatic carbocycles. The molecule has 2 nitrogen and oxygen atoms in total. The van der Waals surface area contributed by atoms with E-state index in [0.717, 1.165) is 18.9 Å². The number of halogens is 3. The molecule has 5 heteroatoms. The predicted octanol–water partition coefficient (Wildman–Crippen LogP) is 2.76. The highest BCUT2D eigenvalue weighted by atomic mass is 19.2. The Labute approximate surface area is 97.3 Å². The van der Waals surface area contributed by atoms with E-state index in [1.807, 2.05) is 6.07 Å². The van der Waals surface area contributed by atoms with E-state index < -0.39 is 23.5 Å². The van der Waals surface area contributed by atoms with E-state index in [1.54, 1.807) is 4.90 Å². The topological polar surface area (TPSA) is 27.0 Å². The molecule has 1 aliphatic rings. The molecule has 1 aromatic rings. The van der Waals surface area contributed by atoms with Crippen molar-refractivity contribution in [3.8, 4) is 6.07 Å². The molecule has 1 atom stereocenters. The molecule has 1 aromatic carbocycles. The van der Waals surface area contributed by atoms with E-state index >= 15 is 0 Å². The average molecular weight is 240 g/mol. The van der Waals surface area contributed by atoms with Crippen molar-refractivity contribution in [3.05, 3.63) is 35.1 Å².